The van der Waals surface area contributed by atoms with Crippen molar-refractivity contribution in [2.24, 2.45) is 0 Å². The average Bonchev–Trinajstić information content (AvgIpc) is 2.19. The maximum absolute atomic E-state index is 9.14. The van der Waals surface area contributed by atoms with Gasteiger partial charge in [0.15, 0.2) is 0 Å². The van der Waals surface area contributed by atoms with E-state index in [0.717, 1.165) is 19.3 Å². The largest absolute Gasteiger partial charge is 0.396 e. The van der Waals surface area contributed by atoms with E-state index in [1.54, 1.807) is 0 Å². The van der Waals surface area contributed by atoms with Gasteiger partial charge in [-0.25, -0.2) is 0 Å². The molecule has 1 rings (SSSR count). The molecule has 1 aromatic rings. The minimum Gasteiger partial charge on any atom is -0.396 e. The topological polar surface area (TPSA) is 20.2 Å². The second kappa shape index (κ2) is 5.32. The highest BCUT2D eigenvalue weighted by Crippen LogP contribution is 2.32. The second-order valence-electron chi connectivity index (χ2n) is 4.65. The molecule has 1 atom stereocenters. The van der Waals surface area contributed by atoms with Crippen molar-refractivity contribution < 1.29 is 5.11 Å². The molecule has 0 aliphatic carbocycles. The van der Waals surface area contributed by atoms with Gasteiger partial charge < -0.3 is 5.11 Å². The highest BCUT2D eigenvalue weighted by Gasteiger charge is 2.24. The highest BCUT2D eigenvalue weighted by atomic mass is 16.3. The predicted octanol–water partition coefficient (Wildman–Crippen LogP) is 3.44. The van der Waals surface area contributed by atoms with Crippen LogP contribution in [0.1, 0.15) is 44.2 Å². The van der Waals surface area contributed by atoms with E-state index in [4.69, 9.17) is 5.11 Å². The van der Waals surface area contributed by atoms with E-state index in [9.17, 15) is 0 Å². The molecule has 0 aliphatic heterocycles. The van der Waals surface area contributed by atoms with Crippen molar-refractivity contribution in [2.45, 2.75) is 45.4 Å². The van der Waals surface area contributed by atoms with Crippen LogP contribution in [0.2, 0.25) is 0 Å². The molecule has 0 bridgehead atoms. The summed E-state index contributed by atoms with van der Waals surface area (Å²) in [5, 5.41) is 9.14. The van der Waals surface area contributed by atoms with E-state index in [1.807, 2.05) is 0 Å². The standard InChI is InChI=1S/C14H22O/c1-4-9-14(3,10-11-15)13-7-5-12(2)6-8-13/h5-8,15H,4,9-11H2,1-3H3. The Morgan fingerprint density at radius 1 is 1.13 bits per heavy atom. The Morgan fingerprint density at radius 3 is 2.20 bits per heavy atom. The van der Waals surface area contributed by atoms with Crippen molar-refractivity contribution >= 4 is 0 Å². The Morgan fingerprint density at radius 2 is 1.73 bits per heavy atom. The summed E-state index contributed by atoms with van der Waals surface area (Å²) in [7, 11) is 0. The Labute approximate surface area is 93.1 Å². The van der Waals surface area contributed by atoms with Crippen LogP contribution in [-0.2, 0) is 5.41 Å². The molecule has 0 amide bonds. The van der Waals surface area contributed by atoms with Crippen molar-refractivity contribution in [3.8, 4) is 0 Å². The quantitative estimate of drug-likeness (QED) is 0.782. The van der Waals surface area contributed by atoms with Gasteiger partial charge in [-0.05, 0) is 30.7 Å². The molecule has 0 saturated carbocycles. The van der Waals surface area contributed by atoms with Crippen LogP contribution in [0.3, 0.4) is 0 Å². The smallest absolute Gasteiger partial charge is 0.0439 e. The number of hydrogen-bond acceptors (Lipinski definition) is 1. The van der Waals surface area contributed by atoms with Crippen LogP contribution in [0, 0.1) is 6.92 Å². The van der Waals surface area contributed by atoms with E-state index >= 15 is 0 Å². The fourth-order valence-electron chi connectivity index (χ4n) is 2.17. The lowest BCUT2D eigenvalue weighted by atomic mass is 9.76. The molecule has 1 N–H and O–H groups in total. The number of rotatable bonds is 5. The summed E-state index contributed by atoms with van der Waals surface area (Å²) < 4.78 is 0. The zero-order valence-electron chi connectivity index (χ0n) is 10.1. The van der Waals surface area contributed by atoms with E-state index in [1.165, 1.54) is 11.1 Å². The lowest BCUT2D eigenvalue weighted by Crippen LogP contribution is -2.23. The van der Waals surface area contributed by atoms with Gasteiger partial charge in [0.05, 0.1) is 0 Å². The van der Waals surface area contributed by atoms with Crippen LogP contribution in [-0.4, -0.2) is 11.7 Å². The molecular weight excluding hydrogens is 184 g/mol. The summed E-state index contributed by atoms with van der Waals surface area (Å²) in [6.07, 6.45) is 3.14. The molecule has 0 aliphatic rings. The summed E-state index contributed by atoms with van der Waals surface area (Å²) >= 11 is 0. The summed E-state index contributed by atoms with van der Waals surface area (Å²) in [6.45, 7) is 6.82. The maximum atomic E-state index is 9.14. The number of benzene rings is 1. The van der Waals surface area contributed by atoms with Gasteiger partial charge in [-0.3, -0.25) is 0 Å². The lowest BCUT2D eigenvalue weighted by Gasteiger charge is -2.29. The molecule has 0 heterocycles. The molecular formula is C14H22O. The Kier molecular flexibility index (Phi) is 4.34. The van der Waals surface area contributed by atoms with Crippen LogP contribution >= 0.6 is 0 Å². The Balaban J connectivity index is 2.92. The van der Waals surface area contributed by atoms with E-state index in [2.05, 4.69) is 45.0 Å². The van der Waals surface area contributed by atoms with Gasteiger partial charge in [-0.2, -0.15) is 0 Å². The zero-order valence-corrected chi connectivity index (χ0v) is 10.1. The van der Waals surface area contributed by atoms with Crippen molar-refractivity contribution in [1.82, 2.24) is 0 Å². The summed E-state index contributed by atoms with van der Waals surface area (Å²) in [6, 6.07) is 8.70. The summed E-state index contributed by atoms with van der Waals surface area (Å²) in [5.74, 6) is 0. The Bertz CT molecular complexity index is 281. The van der Waals surface area contributed by atoms with Gasteiger partial charge in [0.1, 0.15) is 0 Å². The van der Waals surface area contributed by atoms with Gasteiger partial charge in [0.2, 0.25) is 0 Å². The second-order valence-corrected chi connectivity index (χ2v) is 4.65. The molecule has 0 fully saturated rings. The number of aliphatic hydroxyl groups excluding tert-OH is 1. The number of aryl methyl sites for hydroxylation is 1. The summed E-state index contributed by atoms with van der Waals surface area (Å²) in [4.78, 5) is 0. The number of hydrogen-bond donors (Lipinski definition) is 1. The van der Waals surface area contributed by atoms with Crippen LogP contribution in [0.5, 0.6) is 0 Å². The zero-order chi connectivity index (χ0) is 11.3. The van der Waals surface area contributed by atoms with E-state index in [0.29, 0.717) is 0 Å². The summed E-state index contributed by atoms with van der Waals surface area (Å²) in [5.41, 5.74) is 2.78. The van der Waals surface area contributed by atoms with Crippen LogP contribution in [0.15, 0.2) is 24.3 Å². The molecule has 84 valence electrons. The Hall–Kier alpha value is -0.820. The van der Waals surface area contributed by atoms with Crippen molar-refractivity contribution in [1.29, 1.82) is 0 Å². The highest BCUT2D eigenvalue weighted by molar-refractivity contribution is 5.28. The van der Waals surface area contributed by atoms with Gasteiger partial charge >= 0.3 is 0 Å². The first kappa shape index (κ1) is 12.3. The van der Waals surface area contributed by atoms with Gasteiger partial charge in [-0.1, -0.05) is 50.1 Å². The fraction of sp³-hybridized carbons (Fsp3) is 0.571. The first-order valence-corrected chi connectivity index (χ1v) is 5.80. The van der Waals surface area contributed by atoms with Gasteiger partial charge in [-0.15, -0.1) is 0 Å². The first-order valence-electron chi connectivity index (χ1n) is 5.80. The molecule has 1 unspecified atom stereocenters. The van der Waals surface area contributed by atoms with Crippen LogP contribution in [0.25, 0.3) is 0 Å². The minimum atomic E-state index is 0.136. The molecule has 0 saturated heterocycles. The predicted molar refractivity (Wildman–Crippen MR) is 65.1 cm³/mol. The molecule has 0 aromatic heterocycles. The molecule has 0 radical (unpaired) electrons. The third-order valence-electron chi connectivity index (χ3n) is 3.21. The SMILES string of the molecule is CCCC(C)(CCO)c1ccc(C)cc1. The molecule has 15 heavy (non-hydrogen) atoms. The van der Waals surface area contributed by atoms with Crippen molar-refractivity contribution in [2.75, 3.05) is 6.61 Å². The van der Waals surface area contributed by atoms with E-state index in [-0.39, 0.29) is 12.0 Å². The normalized spacial score (nSPS) is 14.9. The van der Waals surface area contributed by atoms with Gasteiger partial charge in [0, 0.05) is 6.61 Å². The minimum absolute atomic E-state index is 0.136. The van der Waals surface area contributed by atoms with Crippen LogP contribution < -0.4 is 0 Å². The number of aliphatic hydroxyl groups is 1. The maximum Gasteiger partial charge on any atom is 0.0439 e. The molecule has 0 spiro atoms. The van der Waals surface area contributed by atoms with Crippen LogP contribution in [0.4, 0.5) is 0 Å². The molecule has 1 aromatic carbocycles. The average molecular weight is 206 g/mol. The van der Waals surface area contributed by atoms with E-state index < -0.39 is 0 Å². The van der Waals surface area contributed by atoms with Gasteiger partial charge in [0.25, 0.3) is 0 Å². The lowest BCUT2D eigenvalue weighted by molar-refractivity contribution is 0.237. The molecule has 1 heteroatoms. The third kappa shape index (κ3) is 3.07. The molecule has 1 nitrogen and oxygen atoms in total. The fourth-order valence-corrected chi connectivity index (χ4v) is 2.17. The van der Waals surface area contributed by atoms with Crippen molar-refractivity contribution in [3.05, 3.63) is 35.4 Å². The third-order valence-corrected chi connectivity index (χ3v) is 3.21. The van der Waals surface area contributed by atoms with Crippen molar-refractivity contribution in [3.63, 3.8) is 0 Å². The first-order chi connectivity index (χ1) is 7.12. The monoisotopic (exact) mass is 206 g/mol.